The van der Waals surface area contributed by atoms with E-state index in [1.165, 1.54) is 18.4 Å². The average Bonchev–Trinajstić information content (AvgIpc) is 2.93. The first kappa shape index (κ1) is 19.2. The molecule has 0 unspecified atom stereocenters. The Labute approximate surface area is 146 Å². The molecule has 0 saturated carbocycles. The van der Waals surface area contributed by atoms with Crippen molar-refractivity contribution < 1.29 is 26.3 Å². The number of nitrogens with one attached hydrogen (secondary N) is 1. The third-order valence-corrected chi connectivity index (χ3v) is 5.87. The summed E-state index contributed by atoms with van der Waals surface area (Å²) in [6, 6.07) is 6.89. The van der Waals surface area contributed by atoms with Gasteiger partial charge in [0.05, 0.1) is 14.8 Å². The van der Waals surface area contributed by atoms with Crippen molar-refractivity contribution in [2.24, 2.45) is 0 Å². The molecule has 0 saturated heterocycles. The molecule has 1 atom stereocenters. The quantitative estimate of drug-likeness (QED) is 0.796. The number of benzene rings is 1. The molecule has 1 N–H and O–H groups in total. The Morgan fingerprint density at radius 1 is 1.29 bits per heavy atom. The molecule has 0 amide bonds. The predicted molar refractivity (Wildman–Crippen MR) is 85.7 cm³/mol. The summed E-state index contributed by atoms with van der Waals surface area (Å²) in [6.07, 6.45) is -5.21. The van der Waals surface area contributed by atoms with Crippen LogP contribution in [0.2, 0.25) is 4.34 Å². The van der Waals surface area contributed by atoms with E-state index in [2.05, 4.69) is 4.72 Å². The van der Waals surface area contributed by atoms with Crippen molar-refractivity contribution in [3.63, 3.8) is 0 Å². The number of thiophene rings is 1. The molecule has 1 heterocycles. The highest BCUT2D eigenvalue weighted by molar-refractivity contribution is 7.89. The van der Waals surface area contributed by atoms with Crippen molar-refractivity contribution in [1.29, 1.82) is 0 Å². The van der Waals surface area contributed by atoms with Crippen LogP contribution in [0.1, 0.15) is 16.5 Å². The second-order valence-electron chi connectivity index (χ2n) is 4.74. The second kappa shape index (κ2) is 7.40. The Hall–Kier alpha value is -1.13. The highest BCUT2D eigenvalue weighted by Gasteiger charge is 2.31. The molecule has 0 radical (unpaired) electrons. The summed E-state index contributed by atoms with van der Waals surface area (Å²) in [6.45, 7) is -0.133. The van der Waals surface area contributed by atoms with E-state index < -0.39 is 32.8 Å². The molecule has 2 aromatic rings. The molecule has 0 bridgehead atoms. The monoisotopic (exact) mass is 399 g/mol. The van der Waals surface area contributed by atoms with Crippen molar-refractivity contribution in [3.8, 4) is 0 Å². The van der Waals surface area contributed by atoms with E-state index in [4.69, 9.17) is 16.3 Å². The highest BCUT2D eigenvalue weighted by atomic mass is 35.5. The van der Waals surface area contributed by atoms with E-state index >= 15 is 0 Å². The number of hydrogen-bond donors (Lipinski definition) is 1. The molecule has 0 aliphatic rings. The van der Waals surface area contributed by atoms with E-state index in [1.807, 2.05) is 0 Å². The van der Waals surface area contributed by atoms with Gasteiger partial charge in [-0.15, -0.1) is 11.3 Å². The first-order valence-electron chi connectivity index (χ1n) is 6.58. The molecular weight excluding hydrogens is 387 g/mol. The summed E-state index contributed by atoms with van der Waals surface area (Å²) in [4.78, 5) is 0.241. The number of rotatable bonds is 6. The zero-order valence-electron chi connectivity index (χ0n) is 12.3. The van der Waals surface area contributed by atoms with E-state index in [0.29, 0.717) is 15.3 Å². The van der Waals surface area contributed by atoms with E-state index in [9.17, 15) is 21.6 Å². The van der Waals surface area contributed by atoms with Crippen LogP contribution in [0.15, 0.2) is 41.3 Å². The maximum absolute atomic E-state index is 12.7. The summed E-state index contributed by atoms with van der Waals surface area (Å²) in [7, 11) is -2.71. The first-order chi connectivity index (χ1) is 11.1. The summed E-state index contributed by atoms with van der Waals surface area (Å²) in [5, 5.41) is 0. The minimum absolute atomic E-state index is 0.133. The van der Waals surface area contributed by atoms with Gasteiger partial charge in [-0.05, 0) is 30.3 Å². The molecular formula is C14H13ClF3NO3S2. The van der Waals surface area contributed by atoms with Gasteiger partial charge >= 0.3 is 6.18 Å². The molecule has 0 aliphatic heterocycles. The van der Waals surface area contributed by atoms with Crippen molar-refractivity contribution in [3.05, 3.63) is 51.2 Å². The minimum Gasteiger partial charge on any atom is -0.375 e. The van der Waals surface area contributed by atoms with Gasteiger partial charge in [0.15, 0.2) is 0 Å². The van der Waals surface area contributed by atoms with Gasteiger partial charge in [0.1, 0.15) is 6.10 Å². The third-order valence-electron chi connectivity index (χ3n) is 3.13. The Balaban J connectivity index is 2.16. The molecule has 0 spiro atoms. The van der Waals surface area contributed by atoms with Gasteiger partial charge in [-0.25, -0.2) is 13.1 Å². The van der Waals surface area contributed by atoms with E-state index in [-0.39, 0.29) is 6.54 Å². The van der Waals surface area contributed by atoms with Crippen LogP contribution in [0.25, 0.3) is 0 Å². The predicted octanol–water partition coefficient (Wildman–Crippen LogP) is 4.09. The summed E-state index contributed by atoms with van der Waals surface area (Å²) in [5.74, 6) is 0. The lowest BCUT2D eigenvalue weighted by Gasteiger charge is -2.15. The van der Waals surface area contributed by atoms with Crippen molar-refractivity contribution in [2.45, 2.75) is 17.2 Å². The van der Waals surface area contributed by atoms with E-state index in [0.717, 1.165) is 18.2 Å². The number of halogens is 4. The van der Waals surface area contributed by atoms with Gasteiger partial charge in [0, 0.05) is 18.5 Å². The zero-order chi connectivity index (χ0) is 18.0. The van der Waals surface area contributed by atoms with E-state index in [1.54, 1.807) is 12.1 Å². The standard InChI is InChI=1S/C14H13ClF3NO3S2/c1-22-11(12-5-6-13(15)23-12)8-19-24(20,21)10-4-2-3-9(7-10)14(16,17)18/h2-7,11,19H,8H2,1H3/t11-/m0/s1. The normalized spacial score (nSPS) is 13.9. The maximum atomic E-state index is 12.7. The lowest BCUT2D eigenvalue weighted by atomic mass is 10.2. The summed E-state index contributed by atoms with van der Waals surface area (Å²) >= 11 is 7.05. The van der Waals surface area contributed by atoms with Gasteiger partial charge in [0.25, 0.3) is 0 Å². The van der Waals surface area contributed by atoms with Crippen LogP contribution in [0.5, 0.6) is 0 Å². The van der Waals surface area contributed by atoms with Gasteiger partial charge in [-0.3, -0.25) is 0 Å². The third kappa shape index (κ3) is 4.70. The molecule has 1 aromatic heterocycles. The smallest absolute Gasteiger partial charge is 0.375 e. The SMILES string of the molecule is CO[C@@H](CNS(=O)(=O)c1cccc(C(F)(F)F)c1)c1ccc(Cl)s1. The van der Waals surface area contributed by atoms with Crippen molar-refractivity contribution in [1.82, 2.24) is 4.72 Å². The minimum atomic E-state index is -4.62. The van der Waals surface area contributed by atoms with Gasteiger partial charge < -0.3 is 4.74 Å². The fourth-order valence-electron chi connectivity index (χ4n) is 1.91. The van der Waals surface area contributed by atoms with Crippen LogP contribution >= 0.6 is 22.9 Å². The molecule has 132 valence electrons. The Morgan fingerprint density at radius 3 is 2.54 bits per heavy atom. The molecule has 24 heavy (non-hydrogen) atoms. The van der Waals surface area contributed by atoms with Crippen molar-refractivity contribution in [2.75, 3.05) is 13.7 Å². The van der Waals surface area contributed by atoms with Crippen LogP contribution in [-0.4, -0.2) is 22.1 Å². The molecule has 10 heteroatoms. The molecule has 0 aliphatic carbocycles. The fourth-order valence-corrected chi connectivity index (χ4v) is 4.13. The highest BCUT2D eigenvalue weighted by Crippen LogP contribution is 2.31. The van der Waals surface area contributed by atoms with Crippen molar-refractivity contribution >= 4 is 33.0 Å². The number of ether oxygens (including phenoxy) is 1. The lowest BCUT2D eigenvalue weighted by Crippen LogP contribution is -2.29. The average molecular weight is 400 g/mol. The van der Waals surface area contributed by atoms with Crippen LogP contribution < -0.4 is 4.72 Å². The second-order valence-corrected chi connectivity index (χ2v) is 8.26. The lowest BCUT2D eigenvalue weighted by molar-refractivity contribution is -0.137. The topological polar surface area (TPSA) is 55.4 Å². The molecule has 1 aromatic carbocycles. The summed E-state index contributed by atoms with van der Waals surface area (Å²) in [5.41, 5.74) is -1.03. The van der Waals surface area contributed by atoms with Gasteiger partial charge in [-0.1, -0.05) is 17.7 Å². The van der Waals surface area contributed by atoms with Crippen LogP contribution in [-0.2, 0) is 20.9 Å². The maximum Gasteiger partial charge on any atom is 0.416 e. The zero-order valence-corrected chi connectivity index (χ0v) is 14.7. The Kier molecular flexibility index (Phi) is 5.92. The van der Waals surface area contributed by atoms with Crippen LogP contribution in [0.3, 0.4) is 0 Å². The first-order valence-corrected chi connectivity index (χ1v) is 9.26. The fraction of sp³-hybridized carbons (Fsp3) is 0.286. The number of sulfonamides is 1. The van der Waals surface area contributed by atoms with Gasteiger partial charge in [-0.2, -0.15) is 13.2 Å². The Bertz CT molecular complexity index is 806. The number of methoxy groups -OCH3 is 1. The Morgan fingerprint density at radius 2 is 2.00 bits per heavy atom. The van der Waals surface area contributed by atoms with Crippen LogP contribution in [0.4, 0.5) is 13.2 Å². The molecule has 2 rings (SSSR count). The number of alkyl halides is 3. The largest absolute Gasteiger partial charge is 0.416 e. The van der Waals surface area contributed by atoms with Crippen LogP contribution in [0, 0.1) is 0 Å². The summed E-state index contributed by atoms with van der Waals surface area (Å²) < 4.78 is 70.5. The number of hydrogen-bond acceptors (Lipinski definition) is 4. The van der Waals surface area contributed by atoms with Gasteiger partial charge in [0.2, 0.25) is 10.0 Å². The molecule has 4 nitrogen and oxygen atoms in total. The molecule has 0 fully saturated rings.